The van der Waals surface area contributed by atoms with Gasteiger partial charge in [-0.25, -0.2) is 4.39 Å². The molecule has 0 radical (unpaired) electrons. The van der Waals surface area contributed by atoms with Crippen molar-refractivity contribution in [3.05, 3.63) is 23.8 Å². The third-order valence-electron chi connectivity index (χ3n) is 9.82. The van der Waals surface area contributed by atoms with Gasteiger partial charge in [0.25, 0.3) is 0 Å². The normalized spacial score (nSPS) is 43.2. The van der Waals surface area contributed by atoms with Gasteiger partial charge < -0.3 is 19.7 Å². The van der Waals surface area contributed by atoms with Crippen LogP contribution in [0, 0.1) is 28.6 Å². The molecule has 0 heterocycles. The Balaban J connectivity index is 1.66. The minimum absolute atomic E-state index is 0.0355. The minimum Gasteiger partial charge on any atom is -0.481 e. The molecule has 2 N–H and O–H groups in total. The third kappa shape index (κ3) is 3.45. The predicted octanol–water partition coefficient (Wildman–Crippen LogP) is 2.97. The van der Waals surface area contributed by atoms with E-state index in [0.717, 1.165) is 0 Å². The van der Waals surface area contributed by atoms with E-state index in [1.54, 1.807) is 13.0 Å². The van der Waals surface area contributed by atoms with Gasteiger partial charge in [-0.3, -0.25) is 19.2 Å². The van der Waals surface area contributed by atoms with Crippen LogP contribution in [0.15, 0.2) is 23.8 Å². The molecule has 0 aliphatic heterocycles. The summed E-state index contributed by atoms with van der Waals surface area (Å²) in [5, 5.41) is 20.2. The number of aliphatic carboxylic acids is 1. The van der Waals surface area contributed by atoms with E-state index in [9.17, 15) is 24.3 Å². The number of Topliss-reactive ketones (excluding diaryl/α,β-unsaturated/α-hetero) is 1. The van der Waals surface area contributed by atoms with Crippen LogP contribution in [-0.4, -0.2) is 64.8 Å². The molecule has 0 spiro atoms. The predicted molar refractivity (Wildman–Crippen MR) is 125 cm³/mol. The first-order chi connectivity index (χ1) is 16.8. The fraction of sp³-hybridized carbons (Fsp3) is 0.704. The molecule has 4 aliphatic carbocycles. The SMILES string of the molecule is CO[C@]1(C(=O)COC(=O)CCC(=O)O)[C@H](C)C[C@H]2[C@@H]3CCC4=CC(=O)C=C[C@]4(C)[C@@]3(F)[C@@H](O)C[C@@]21C. The number of halogens is 1. The molecule has 8 atom stereocenters. The summed E-state index contributed by atoms with van der Waals surface area (Å²) >= 11 is 0. The van der Waals surface area contributed by atoms with Gasteiger partial charge in [0.1, 0.15) is 5.60 Å². The van der Waals surface area contributed by atoms with E-state index in [2.05, 4.69) is 0 Å². The number of ether oxygens (including phenoxy) is 2. The minimum atomic E-state index is -2.02. The van der Waals surface area contributed by atoms with Crippen molar-refractivity contribution in [2.75, 3.05) is 13.7 Å². The van der Waals surface area contributed by atoms with Crippen molar-refractivity contribution < 1.29 is 43.3 Å². The Bertz CT molecular complexity index is 1050. The van der Waals surface area contributed by atoms with Gasteiger partial charge in [0.05, 0.1) is 18.9 Å². The molecule has 198 valence electrons. The highest BCUT2D eigenvalue weighted by Crippen LogP contribution is 2.71. The van der Waals surface area contributed by atoms with E-state index >= 15 is 4.39 Å². The number of carbonyl (C=O) groups is 4. The van der Waals surface area contributed by atoms with Crippen molar-refractivity contribution in [2.24, 2.45) is 28.6 Å². The molecule has 3 fully saturated rings. The lowest BCUT2D eigenvalue weighted by Gasteiger charge is -2.63. The zero-order chi connectivity index (χ0) is 26.7. The molecule has 9 heteroatoms. The number of esters is 1. The number of hydrogen-bond acceptors (Lipinski definition) is 7. The lowest BCUT2D eigenvalue weighted by Crippen LogP contribution is -2.69. The number of rotatable bonds is 7. The van der Waals surface area contributed by atoms with Crippen LogP contribution in [0.5, 0.6) is 0 Å². The van der Waals surface area contributed by atoms with Gasteiger partial charge in [-0.05, 0) is 56.6 Å². The van der Waals surface area contributed by atoms with E-state index in [1.807, 2.05) is 13.8 Å². The van der Waals surface area contributed by atoms with E-state index in [1.165, 1.54) is 19.3 Å². The van der Waals surface area contributed by atoms with Gasteiger partial charge in [0.2, 0.25) is 5.78 Å². The number of hydrogen-bond donors (Lipinski definition) is 2. The summed E-state index contributed by atoms with van der Waals surface area (Å²) in [5.74, 6) is -3.81. The first kappa shape index (κ1) is 26.7. The molecular weight excluding hydrogens is 471 g/mol. The molecule has 36 heavy (non-hydrogen) atoms. The molecule has 0 bridgehead atoms. The number of allylic oxidation sites excluding steroid dienone is 4. The summed E-state index contributed by atoms with van der Waals surface area (Å²) in [6, 6.07) is 0. The molecule has 0 aromatic heterocycles. The first-order valence-electron chi connectivity index (χ1n) is 12.5. The Kier molecular flexibility index (Phi) is 6.57. The Morgan fingerprint density at radius 2 is 1.89 bits per heavy atom. The quantitative estimate of drug-likeness (QED) is 0.505. The van der Waals surface area contributed by atoms with Crippen molar-refractivity contribution >= 4 is 23.5 Å². The summed E-state index contributed by atoms with van der Waals surface area (Å²) in [6.45, 7) is 4.86. The number of carboxylic acids is 1. The van der Waals surface area contributed by atoms with Crippen LogP contribution in [0.1, 0.15) is 59.3 Å². The van der Waals surface area contributed by atoms with Crippen LogP contribution in [0.25, 0.3) is 0 Å². The Morgan fingerprint density at radius 3 is 2.53 bits per heavy atom. The zero-order valence-electron chi connectivity index (χ0n) is 21.2. The maximum atomic E-state index is 17.3. The summed E-state index contributed by atoms with van der Waals surface area (Å²) in [4.78, 5) is 48.3. The Hall–Kier alpha value is -2.39. The van der Waals surface area contributed by atoms with Crippen LogP contribution in [0.4, 0.5) is 4.39 Å². The van der Waals surface area contributed by atoms with Gasteiger partial charge in [0, 0.05) is 23.9 Å². The molecule has 4 aliphatic rings. The summed E-state index contributed by atoms with van der Waals surface area (Å²) in [5.41, 5.74) is -4.81. The van der Waals surface area contributed by atoms with Crippen molar-refractivity contribution in [1.82, 2.24) is 0 Å². The van der Waals surface area contributed by atoms with Crippen molar-refractivity contribution in [3.63, 3.8) is 0 Å². The maximum Gasteiger partial charge on any atom is 0.306 e. The number of carbonyl (C=O) groups excluding carboxylic acids is 3. The number of aliphatic hydroxyl groups excluding tert-OH is 1. The fourth-order valence-electron chi connectivity index (χ4n) is 8.21. The van der Waals surface area contributed by atoms with Crippen LogP contribution < -0.4 is 0 Å². The second-order valence-electron chi connectivity index (χ2n) is 11.3. The molecule has 0 aromatic rings. The van der Waals surface area contributed by atoms with Crippen LogP contribution in [-0.2, 0) is 28.7 Å². The highest BCUT2D eigenvalue weighted by Gasteiger charge is 2.76. The fourth-order valence-corrected chi connectivity index (χ4v) is 8.21. The highest BCUT2D eigenvalue weighted by atomic mass is 19.1. The second kappa shape index (κ2) is 8.87. The summed E-state index contributed by atoms with van der Waals surface area (Å²) in [7, 11) is 1.41. The molecule has 0 amide bonds. The average Bonchev–Trinajstić information content (AvgIpc) is 3.04. The second-order valence-corrected chi connectivity index (χ2v) is 11.3. The topological polar surface area (TPSA) is 127 Å². The highest BCUT2D eigenvalue weighted by molar-refractivity contribution is 6.01. The lowest BCUT2D eigenvalue weighted by atomic mass is 9.44. The molecular formula is C27H35FO8. The Morgan fingerprint density at radius 1 is 1.19 bits per heavy atom. The largest absolute Gasteiger partial charge is 0.481 e. The average molecular weight is 507 g/mol. The van der Waals surface area contributed by atoms with Gasteiger partial charge in [-0.1, -0.05) is 25.5 Å². The maximum absolute atomic E-state index is 17.3. The van der Waals surface area contributed by atoms with Crippen LogP contribution >= 0.6 is 0 Å². The van der Waals surface area contributed by atoms with Gasteiger partial charge in [-0.15, -0.1) is 0 Å². The van der Waals surface area contributed by atoms with Gasteiger partial charge in [-0.2, -0.15) is 0 Å². The van der Waals surface area contributed by atoms with Crippen LogP contribution in [0.2, 0.25) is 0 Å². The van der Waals surface area contributed by atoms with E-state index in [0.29, 0.717) is 24.8 Å². The van der Waals surface area contributed by atoms with E-state index < -0.39 is 64.9 Å². The molecule has 4 rings (SSSR count). The number of carboxylic acid groups (broad SMARTS) is 1. The van der Waals surface area contributed by atoms with Crippen molar-refractivity contribution in [2.45, 2.75) is 76.7 Å². The number of methoxy groups -OCH3 is 1. The molecule has 0 saturated heterocycles. The zero-order valence-corrected chi connectivity index (χ0v) is 21.2. The number of alkyl halides is 1. The third-order valence-corrected chi connectivity index (χ3v) is 9.82. The molecule has 3 saturated carbocycles. The lowest BCUT2D eigenvalue weighted by molar-refractivity contribution is -0.224. The molecule has 0 aromatic carbocycles. The number of ketones is 2. The molecule has 8 nitrogen and oxygen atoms in total. The Labute approximate surface area is 209 Å². The molecule has 0 unspecified atom stereocenters. The standard InChI is InChI=1S/C27H35FO8/c1-15-11-19-18-6-5-16-12-17(29)9-10-24(16,2)26(18,28)20(30)13-25(19,3)27(15,35-4)21(31)14-36-23(34)8-7-22(32)33/h9-10,12,15,18-20,30H,5-8,11,13-14H2,1-4H3,(H,32,33)/t15-,18+,19+,20+,24+,25+,26+,27+/m1/s1. The van der Waals surface area contributed by atoms with Crippen molar-refractivity contribution in [1.29, 1.82) is 0 Å². The van der Waals surface area contributed by atoms with E-state index in [-0.39, 0.29) is 30.5 Å². The van der Waals surface area contributed by atoms with Gasteiger partial charge >= 0.3 is 11.9 Å². The van der Waals surface area contributed by atoms with Crippen LogP contribution in [0.3, 0.4) is 0 Å². The number of aliphatic hydroxyl groups is 1. The number of fused-ring (bicyclic) bond motifs is 5. The monoisotopic (exact) mass is 506 g/mol. The summed E-state index contributed by atoms with van der Waals surface area (Å²) in [6.07, 6.45) is 3.67. The van der Waals surface area contributed by atoms with Gasteiger partial charge in [0.15, 0.2) is 18.1 Å². The first-order valence-corrected chi connectivity index (χ1v) is 12.5. The van der Waals surface area contributed by atoms with E-state index in [4.69, 9.17) is 14.6 Å². The summed E-state index contributed by atoms with van der Waals surface area (Å²) < 4.78 is 28.3. The van der Waals surface area contributed by atoms with Crippen molar-refractivity contribution in [3.8, 4) is 0 Å². The smallest absolute Gasteiger partial charge is 0.306 e.